The number of halogens is 1. The van der Waals surface area contributed by atoms with Crippen molar-refractivity contribution in [2.75, 3.05) is 0 Å². The van der Waals surface area contributed by atoms with E-state index >= 15 is 0 Å². The van der Waals surface area contributed by atoms with E-state index in [-0.39, 0.29) is 23.3 Å². The van der Waals surface area contributed by atoms with Crippen molar-refractivity contribution in [2.24, 2.45) is 0 Å². The van der Waals surface area contributed by atoms with Crippen molar-refractivity contribution in [3.63, 3.8) is 0 Å². The van der Waals surface area contributed by atoms with Crippen LogP contribution < -0.4 is 0 Å². The second-order valence-electron chi connectivity index (χ2n) is 9.46. The molecule has 2 amide bonds. The number of amides is 2. The fraction of sp³-hybridized carbons (Fsp3) is 0.103. The van der Waals surface area contributed by atoms with Gasteiger partial charge in [-0.15, -0.1) is 5.10 Å². The highest BCUT2D eigenvalue weighted by Crippen LogP contribution is 2.35. The van der Waals surface area contributed by atoms with E-state index in [0.29, 0.717) is 34.0 Å². The van der Waals surface area contributed by atoms with Crippen molar-refractivity contribution in [3.8, 4) is 5.69 Å². The summed E-state index contributed by atoms with van der Waals surface area (Å²) in [7, 11) is 0. The van der Waals surface area contributed by atoms with Crippen molar-refractivity contribution in [2.45, 2.75) is 20.0 Å². The Bertz CT molecular complexity index is 1880. The number of fused-ring (bicyclic) bond motifs is 1. The molecule has 12 heteroatoms. The van der Waals surface area contributed by atoms with Crippen molar-refractivity contribution in [3.05, 3.63) is 122 Å². The molecule has 1 aliphatic heterocycles. The maximum absolute atomic E-state index is 13.3. The maximum Gasteiger partial charge on any atom is 0.293 e. The number of carbonyl (C=O) groups excluding carboxylic acids is 2. The Morgan fingerprint density at radius 1 is 1.00 bits per heavy atom. The van der Waals surface area contributed by atoms with Crippen LogP contribution in [0.1, 0.15) is 22.4 Å². The SMILES string of the molecule is Cc1c(-n2cc(Cn3cc(/C=C4\SC(=O)N(Cc5ccc(F)cc5)C4=O)c4ccccc43)nn2)cccc1[N+](=O)[O-]. The first-order valence-electron chi connectivity index (χ1n) is 12.5. The second kappa shape index (κ2) is 10.5. The van der Waals surface area contributed by atoms with Crippen molar-refractivity contribution < 1.29 is 18.9 Å². The maximum atomic E-state index is 13.3. The number of hydrogen-bond donors (Lipinski definition) is 0. The quantitative estimate of drug-likeness (QED) is 0.137. The number of hydrogen-bond acceptors (Lipinski definition) is 7. The zero-order valence-corrected chi connectivity index (χ0v) is 22.4. The summed E-state index contributed by atoms with van der Waals surface area (Å²) >= 11 is 0.868. The van der Waals surface area contributed by atoms with Crippen LogP contribution in [0.4, 0.5) is 14.9 Å². The summed E-state index contributed by atoms with van der Waals surface area (Å²) in [4.78, 5) is 38.2. The van der Waals surface area contributed by atoms with E-state index in [9.17, 15) is 24.1 Å². The van der Waals surface area contributed by atoms with Gasteiger partial charge in [0.05, 0.1) is 40.4 Å². The van der Waals surface area contributed by atoms with E-state index in [1.807, 2.05) is 35.0 Å². The fourth-order valence-corrected chi connectivity index (χ4v) is 5.62. The second-order valence-corrected chi connectivity index (χ2v) is 10.4. The zero-order chi connectivity index (χ0) is 28.7. The first kappa shape index (κ1) is 26.1. The molecule has 6 rings (SSSR count). The molecule has 0 spiro atoms. The summed E-state index contributed by atoms with van der Waals surface area (Å²) in [6, 6.07) is 18.2. The molecule has 0 bridgehead atoms. The molecule has 1 aliphatic rings. The Hall–Kier alpha value is -5.10. The number of para-hydroxylation sites is 1. The van der Waals surface area contributed by atoms with E-state index in [0.717, 1.165) is 33.1 Å². The standard InChI is InChI=1S/C29H21FN6O4S/c1-18-24(7-4-8-25(18)36(39)40)35-17-22(31-32-35)16-33-15-20(23-5-2-3-6-26(23)33)13-27-28(37)34(29(38)41-27)14-19-9-11-21(30)12-10-19/h2-13,15,17H,14,16H2,1H3/b27-13-. The Morgan fingerprint density at radius 3 is 2.56 bits per heavy atom. The number of imide groups is 1. The molecule has 1 fully saturated rings. The summed E-state index contributed by atoms with van der Waals surface area (Å²) in [6.45, 7) is 2.08. The highest BCUT2D eigenvalue weighted by molar-refractivity contribution is 8.18. The third-order valence-electron chi connectivity index (χ3n) is 6.83. The third kappa shape index (κ3) is 5.00. The van der Waals surface area contributed by atoms with Crippen LogP contribution in [-0.2, 0) is 17.9 Å². The number of nitro benzene ring substituents is 1. The number of nitrogens with zero attached hydrogens (tertiary/aromatic N) is 6. The van der Waals surface area contributed by atoms with Gasteiger partial charge in [0.25, 0.3) is 16.8 Å². The Kier molecular flexibility index (Phi) is 6.67. The lowest BCUT2D eigenvalue weighted by Gasteiger charge is -2.12. The predicted molar refractivity (Wildman–Crippen MR) is 152 cm³/mol. The topological polar surface area (TPSA) is 116 Å². The van der Waals surface area contributed by atoms with E-state index < -0.39 is 10.8 Å². The number of carbonyl (C=O) groups is 2. The molecule has 0 unspecified atom stereocenters. The highest BCUT2D eigenvalue weighted by Gasteiger charge is 2.35. The lowest BCUT2D eigenvalue weighted by molar-refractivity contribution is -0.385. The fourth-order valence-electron chi connectivity index (χ4n) is 4.79. The van der Waals surface area contributed by atoms with Crippen LogP contribution in [0.5, 0.6) is 0 Å². The summed E-state index contributed by atoms with van der Waals surface area (Å²) in [5, 5.41) is 20.3. The van der Waals surface area contributed by atoms with Gasteiger partial charge < -0.3 is 4.57 Å². The van der Waals surface area contributed by atoms with Crippen LogP contribution in [0.25, 0.3) is 22.7 Å². The molecule has 0 radical (unpaired) electrons. The van der Waals surface area contributed by atoms with Crippen LogP contribution >= 0.6 is 11.8 Å². The van der Waals surface area contributed by atoms with Gasteiger partial charge in [-0.05, 0) is 54.6 Å². The smallest absolute Gasteiger partial charge is 0.293 e. The normalized spacial score (nSPS) is 14.5. The molecule has 0 N–H and O–H groups in total. The van der Waals surface area contributed by atoms with E-state index in [1.54, 1.807) is 43.5 Å². The molecule has 3 heterocycles. The third-order valence-corrected chi connectivity index (χ3v) is 7.73. The molecule has 1 saturated heterocycles. The number of nitro groups is 1. The Labute approximate surface area is 236 Å². The minimum absolute atomic E-state index is 0.00248. The Balaban J connectivity index is 1.28. The average Bonchev–Trinajstić information content (AvgIpc) is 3.63. The molecule has 204 valence electrons. The van der Waals surface area contributed by atoms with Gasteiger partial charge >= 0.3 is 0 Å². The van der Waals surface area contributed by atoms with Gasteiger partial charge in [-0.25, -0.2) is 9.07 Å². The highest BCUT2D eigenvalue weighted by atomic mass is 32.2. The van der Waals surface area contributed by atoms with Gasteiger partial charge in [0.2, 0.25) is 0 Å². The van der Waals surface area contributed by atoms with Crippen LogP contribution in [0.15, 0.2) is 84.0 Å². The summed E-state index contributed by atoms with van der Waals surface area (Å²) in [6.07, 6.45) is 5.31. The van der Waals surface area contributed by atoms with Gasteiger partial charge in [-0.1, -0.05) is 41.6 Å². The van der Waals surface area contributed by atoms with Crippen molar-refractivity contribution in [1.82, 2.24) is 24.5 Å². The predicted octanol–water partition coefficient (Wildman–Crippen LogP) is 5.86. The molecule has 41 heavy (non-hydrogen) atoms. The van der Waals surface area contributed by atoms with Crippen molar-refractivity contribution >= 4 is 45.6 Å². The molecule has 0 atom stereocenters. The first-order valence-corrected chi connectivity index (χ1v) is 13.3. The zero-order valence-electron chi connectivity index (χ0n) is 21.6. The lowest BCUT2D eigenvalue weighted by Crippen LogP contribution is -2.27. The van der Waals surface area contributed by atoms with E-state index in [2.05, 4.69) is 10.3 Å². The minimum Gasteiger partial charge on any atom is -0.341 e. The molecule has 10 nitrogen and oxygen atoms in total. The number of thioether (sulfide) groups is 1. The molecular weight excluding hydrogens is 547 g/mol. The summed E-state index contributed by atoms with van der Waals surface area (Å²) in [5.41, 5.74) is 3.98. The molecule has 5 aromatic rings. The van der Waals surface area contributed by atoms with Gasteiger partial charge in [0.15, 0.2) is 0 Å². The number of aromatic nitrogens is 4. The van der Waals surface area contributed by atoms with Gasteiger partial charge in [0.1, 0.15) is 11.5 Å². The molecule has 3 aromatic carbocycles. The van der Waals surface area contributed by atoms with E-state index in [1.165, 1.54) is 22.9 Å². The molecule has 0 saturated carbocycles. The van der Waals surface area contributed by atoms with Gasteiger partial charge in [-0.3, -0.25) is 24.6 Å². The summed E-state index contributed by atoms with van der Waals surface area (Å²) < 4.78 is 16.8. The summed E-state index contributed by atoms with van der Waals surface area (Å²) in [5.74, 6) is -0.794. The van der Waals surface area contributed by atoms with Crippen LogP contribution in [0, 0.1) is 22.9 Å². The van der Waals surface area contributed by atoms with Crippen LogP contribution in [0.3, 0.4) is 0 Å². The first-order chi connectivity index (χ1) is 19.8. The largest absolute Gasteiger partial charge is 0.341 e. The van der Waals surface area contributed by atoms with Gasteiger partial charge in [0, 0.05) is 28.7 Å². The molecule has 2 aromatic heterocycles. The monoisotopic (exact) mass is 568 g/mol. The van der Waals surface area contributed by atoms with Crippen molar-refractivity contribution in [1.29, 1.82) is 0 Å². The van der Waals surface area contributed by atoms with Gasteiger partial charge in [-0.2, -0.15) is 0 Å². The number of rotatable bonds is 7. The molecule has 0 aliphatic carbocycles. The minimum atomic E-state index is -0.429. The van der Waals surface area contributed by atoms with E-state index in [4.69, 9.17) is 0 Å². The number of benzene rings is 3. The van der Waals surface area contributed by atoms with Crippen LogP contribution in [0.2, 0.25) is 0 Å². The average molecular weight is 569 g/mol. The molecular formula is C29H21FN6O4S. The Morgan fingerprint density at radius 2 is 1.78 bits per heavy atom. The lowest BCUT2D eigenvalue weighted by atomic mass is 10.1. The van der Waals surface area contributed by atoms with Crippen LogP contribution in [-0.4, -0.2) is 40.5 Å².